The van der Waals surface area contributed by atoms with Crippen molar-refractivity contribution >= 4 is 11.7 Å². The van der Waals surface area contributed by atoms with Crippen LogP contribution >= 0.6 is 0 Å². The summed E-state index contributed by atoms with van der Waals surface area (Å²) >= 11 is 0. The Balaban J connectivity index is 1.47. The number of urea groups is 1. The summed E-state index contributed by atoms with van der Waals surface area (Å²) in [6.07, 6.45) is 2.58. The highest BCUT2D eigenvalue weighted by molar-refractivity contribution is 5.89. The number of hydrogen-bond donors (Lipinski definition) is 2. The van der Waals surface area contributed by atoms with Crippen LogP contribution in [0.4, 0.5) is 19.3 Å². The minimum Gasteiger partial charge on any atom is -0.493 e. The summed E-state index contributed by atoms with van der Waals surface area (Å²) in [7, 11) is 5.40. The number of hydrogen-bond acceptors (Lipinski definition) is 4. The Morgan fingerprint density at radius 2 is 1.88 bits per heavy atom. The van der Waals surface area contributed by atoms with Crippen molar-refractivity contribution in [3.63, 3.8) is 0 Å². The zero-order valence-corrected chi connectivity index (χ0v) is 18.6. The Kier molecular flexibility index (Phi) is 6.24. The molecule has 0 bridgehead atoms. The van der Waals surface area contributed by atoms with Crippen LogP contribution in [0.25, 0.3) is 0 Å². The quantitative estimate of drug-likeness (QED) is 0.726. The molecule has 0 aromatic heterocycles. The molecule has 1 aliphatic carbocycles. The van der Waals surface area contributed by atoms with Crippen molar-refractivity contribution in [2.75, 3.05) is 39.7 Å². The van der Waals surface area contributed by atoms with E-state index in [1.165, 1.54) is 11.6 Å². The first kappa shape index (κ1) is 22.3. The Morgan fingerprint density at radius 1 is 1.09 bits per heavy atom. The number of methoxy groups -OCH3 is 2. The maximum Gasteiger partial charge on any atom is 0.319 e. The monoisotopic (exact) mass is 445 g/mol. The van der Waals surface area contributed by atoms with Gasteiger partial charge >= 0.3 is 6.03 Å². The molecule has 1 saturated carbocycles. The predicted octanol–water partition coefficient (Wildman–Crippen LogP) is 4.16. The summed E-state index contributed by atoms with van der Waals surface area (Å²) in [6.45, 7) is 1.89. The van der Waals surface area contributed by atoms with Crippen LogP contribution in [0.1, 0.15) is 24.8 Å². The number of likely N-dealkylation sites (N-methyl/N-ethyl adjacent to an activating group) is 1. The van der Waals surface area contributed by atoms with Gasteiger partial charge in [0.15, 0.2) is 23.1 Å². The minimum absolute atomic E-state index is 0.00469. The molecule has 172 valence electrons. The maximum atomic E-state index is 13.4. The molecule has 6 nitrogen and oxygen atoms in total. The molecule has 1 heterocycles. The second-order valence-electron chi connectivity index (χ2n) is 8.82. The van der Waals surface area contributed by atoms with E-state index in [1.54, 1.807) is 14.2 Å². The van der Waals surface area contributed by atoms with Crippen LogP contribution < -0.4 is 20.1 Å². The van der Waals surface area contributed by atoms with E-state index in [1.807, 2.05) is 6.07 Å². The van der Waals surface area contributed by atoms with Crippen LogP contribution in [-0.2, 0) is 5.41 Å². The standard InChI is InChI=1S/C24H29F2N3O3/c1-29-13-16-10-18(28-23(30)27-17-5-6-19(25)20(26)12-17)8-9-24(16,14-29)15-4-7-21(31-2)22(11-15)32-3/h4-7,11-12,16,18H,8-10,13-14H2,1-3H3,(H2,27,28,30)/t16-,18+,24-/m1/s1. The van der Waals surface area contributed by atoms with Crippen molar-refractivity contribution in [2.24, 2.45) is 5.92 Å². The van der Waals surface area contributed by atoms with Crippen LogP contribution in [0.3, 0.4) is 0 Å². The molecule has 0 spiro atoms. The van der Waals surface area contributed by atoms with Crippen LogP contribution in [-0.4, -0.2) is 51.3 Å². The van der Waals surface area contributed by atoms with E-state index < -0.39 is 17.7 Å². The largest absolute Gasteiger partial charge is 0.493 e. The molecular weight excluding hydrogens is 416 g/mol. The smallest absolute Gasteiger partial charge is 0.319 e. The van der Waals surface area contributed by atoms with Gasteiger partial charge in [0.2, 0.25) is 0 Å². The Bertz CT molecular complexity index is 1000. The fourth-order valence-electron chi connectivity index (χ4n) is 5.38. The fourth-order valence-corrected chi connectivity index (χ4v) is 5.38. The van der Waals surface area contributed by atoms with Crippen molar-refractivity contribution in [1.82, 2.24) is 10.2 Å². The Hall–Kier alpha value is -2.87. The number of likely N-dealkylation sites (tertiary alicyclic amines) is 1. The summed E-state index contributed by atoms with van der Waals surface area (Å²) < 4.78 is 37.4. The number of fused-ring (bicyclic) bond motifs is 1. The molecule has 2 aromatic carbocycles. The molecule has 0 radical (unpaired) electrons. The Labute approximate surface area is 186 Å². The molecule has 1 saturated heterocycles. The van der Waals surface area contributed by atoms with E-state index >= 15 is 0 Å². The van der Waals surface area contributed by atoms with Crippen LogP contribution in [0.15, 0.2) is 36.4 Å². The van der Waals surface area contributed by atoms with Gasteiger partial charge in [-0.05, 0) is 62.1 Å². The number of halogens is 2. The van der Waals surface area contributed by atoms with Gasteiger partial charge in [-0.15, -0.1) is 0 Å². The van der Waals surface area contributed by atoms with Gasteiger partial charge in [-0.3, -0.25) is 0 Å². The number of rotatable bonds is 5. The highest BCUT2D eigenvalue weighted by Gasteiger charge is 2.50. The van der Waals surface area contributed by atoms with Gasteiger partial charge < -0.3 is 25.0 Å². The van der Waals surface area contributed by atoms with Gasteiger partial charge in [-0.1, -0.05) is 6.07 Å². The molecule has 2 fully saturated rings. The average molecular weight is 446 g/mol. The zero-order valence-electron chi connectivity index (χ0n) is 18.6. The van der Waals surface area contributed by atoms with Crippen molar-refractivity contribution in [3.05, 3.63) is 53.6 Å². The molecule has 2 aromatic rings. The van der Waals surface area contributed by atoms with Gasteiger partial charge in [-0.2, -0.15) is 0 Å². The van der Waals surface area contributed by atoms with Gasteiger partial charge in [0.25, 0.3) is 0 Å². The molecule has 2 amide bonds. The van der Waals surface area contributed by atoms with Crippen LogP contribution in [0.5, 0.6) is 11.5 Å². The van der Waals surface area contributed by atoms with Crippen molar-refractivity contribution in [1.29, 1.82) is 0 Å². The number of carbonyl (C=O) groups excluding carboxylic acids is 1. The van der Waals surface area contributed by atoms with Gasteiger partial charge in [0.05, 0.1) is 14.2 Å². The predicted molar refractivity (Wildman–Crippen MR) is 118 cm³/mol. The van der Waals surface area contributed by atoms with Crippen molar-refractivity contribution < 1.29 is 23.0 Å². The molecular formula is C24H29F2N3O3. The van der Waals surface area contributed by atoms with Gasteiger partial charge in [-0.25, -0.2) is 13.6 Å². The normalized spacial score (nSPS) is 25.2. The molecule has 4 rings (SSSR count). The lowest BCUT2D eigenvalue weighted by molar-refractivity contribution is 0.197. The summed E-state index contributed by atoms with van der Waals surface area (Å²) in [4.78, 5) is 14.8. The van der Waals surface area contributed by atoms with E-state index in [0.717, 1.165) is 50.2 Å². The summed E-state index contributed by atoms with van der Waals surface area (Å²) in [5, 5.41) is 5.61. The van der Waals surface area contributed by atoms with E-state index in [9.17, 15) is 13.6 Å². The second kappa shape index (κ2) is 8.94. The molecule has 8 heteroatoms. The number of ether oxygens (including phenoxy) is 2. The first-order valence-corrected chi connectivity index (χ1v) is 10.8. The third kappa shape index (κ3) is 4.24. The van der Waals surface area contributed by atoms with Crippen LogP contribution in [0, 0.1) is 17.6 Å². The third-order valence-corrected chi connectivity index (χ3v) is 6.84. The molecule has 32 heavy (non-hydrogen) atoms. The SMILES string of the molecule is COc1ccc([C@]23CC[C@H](NC(=O)Nc4ccc(F)c(F)c4)C[C@@H]2CN(C)C3)cc1OC. The minimum atomic E-state index is -0.992. The van der Waals surface area contributed by atoms with E-state index in [-0.39, 0.29) is 17.1 Å². The molecule has 2 aliphatic rings. The van der Waals surface area contributed by atoms with Gasteiger partial charge in [0.1, 0.15) is 0 Å². The highest BCUT2D eigenvalue weighted by atomic mass is 19.2. The van der Waals surface area contributed by atoms with E-state index in [4.69, 9.17) is 9.47 Å². The lowest BCUT2D eigenvalue weighted by Gasteiger charge is -2.42. The number of nitrogens with one attached hydrogen (secondary N) is 2. The average Bonchev–Trinajstić information content (AvgIpc) is 3.12. The first-order chi connectivity index (χ1) is 15.3. The fraction of sp³-hybridized carbons (Fsp3) is 0.458. The van der Waals surface area contributed by atoms with Gasteiger partial charge in [0, 0.05) is 36.3 Å². The lowest BCUT2D eigenvalue weighted by Crippen LogP contribution is -2.48. The topological polar surface area (TPSA) is 62.8 Å². The van der Waals surface area contributed by atoms with Crippen LogP contribution in [0.2, 0.25) is 0 Å². The van der Waals surface area contributed by atoms with E-state index in [2.05, 4.69) is 34.7 Å². The Morgan fingerprint density at radius 3 is 2.59 bits per heavy atom. The molecule has 0 unspecified atom stereocenters. The van der Waals surface area contributed by atoms with E-state index in [0.29, 0.717) is 11.7 Å². The number of benzene rings is 2. The number of nitrogens with zero attached hydrogens (tertiary/aromatic N) is 1. The maximum absolute atomic E-state index is 13.4. The first-order valence-electron chi connectivity index (χ1n) is 10.8. The summed E-state index contributed by atoms with van der Waals surface area (Å²) in [6, 6.07) is 9.06. The second-order valence-corrected chi connectivity index (χ2v) is 8.82. The zero-order chi connectivity index (χ0) is 22.9. The lowest BCUT2D eigenvalue weighted by atomic mass is 9.63. The molecule has 2 N–H and O–H groups in total. The third-order valence-electron chi connectivity index (χ3n) is 6.84. The molecule has 1 aliphatic heterocycles. The summed E-state index contributed by atoms with van der Waals surface area (Å²) in [5.74, 6) is -0.138. The summed E-state index contributed by atoms with van der Waals surface area (Å²) in [5.41, 5.74) is 1.44. The van der Waals surface area contributed by atoms with Crippen molar-refractivity contribution in [3.8, 4) is 11.5 Å². The number of carbonyl (C=O) groups is 1. The molecule has 3 atom stereocenters. The van der Waals surface area contributed by atoms with Crippen molar-refractivity contribution in [2.45, 2.75) is 30.7 Å². The number of anilines is 1. The highest BCUT2D eigenvalue weighted by Crippen LogP contribution is 2.49. The number of amides is 2.